The van der Waals surface area contributed by atoms with Crippen LogP contribution in [-0.2, 0) is 4.74 Å². The van der Waals surface area contributed by atoms with Crippen molar-refractivity contribution in [1.29, 1.82) is 0 Å². The first kappa shape index (κ1) is 19.4. The number of benzene rings is 1. The van der Waals surface area contributed by atoms with E-state index in [-0.39, 0.29) is 12.3 Å². The number of ether oxygens (including phenoxy) is 1. The summed E-state index contributed by atoms with van der Waals surface area (Å²) in [6, 6.07) is 10.2. The van der Waals surface area contributed by atoms with E-state index in [1.54, 1.807) is 49.5 Å². The number of nitrogens with one attached hydrogen (secondary N) is 2. The molecule has 0 saturated heterocycles. The molecule has 2 rings (SSSR count). The molecule has 1 aromatic carbocycles. The van der Waals surface area contributed by atoms with E-state index in [0.717, 1.165) is 18.8 Å². The van der Waals surface area contributed by atoms with Gasteiger partial charge >= 0.3 is 5.97 Å². The number of nitrogens with zero attached hydrogens (tertiary/aromatic N) is 2. The number of aromatic nitrogens is 1. The van der Waals surface area contributed by atoms with Gasteiger partial charge in [-0.3, -0.25) is 9.78 Å². The van der Waals surface area contributed by atoms with Crippen molar-refractivity contribution >= 4 is 23.3 Å². The molecule has 0 unspecified atom stereocenters. The van der Waals surface area contributed by atoms with Crippen LogP contribution in [0, 0.1) is 0 Å². The zero-order valence-corrected chi connectivity index (χ0v) is 15.3. The molecule has 1 amide bonds. The third-order valence-corrected chi connectivity index (χ3v) is 3.55. The van der Waals surface area contributed by atoms with Crippen LogP contribution in [0.25, 0.3) is 0 Å². The molecule has 1 heterocycles. The Kier molecular flexibility index (Phi) is 7.11. The van der Waals surface area contributed by atoms with Crippen LogP contribution in [0.3, 0.4) is 0 Å². The van der Waals surface area contributed by atoms with Crippen LogP contribution in [0.15, 0.2) is 42.6 Å². The standard InChI is InChI=1S/C19H24N4O3/c1-4-26-19(25)15-7-5-6-8-16(15)22-18(24)17-13-14(9-10-21-17)20-11-12-23(2)3/h5-10,13H,4,11-12H2,1-3H3,(H,20,21)(H,22,24). The highest BCUT2D eigenvalue weighted by molar-refractivity contribution is 6.07. The fourth-order valence-corrected chi connectivity index (χ4v) is 2.25. The van der Waals surface area contributed by atoms with Crippen molar-refractivity contribution in [1.82, 2.24) is 9.88 Å². The SMILES string of the molecule is CCOC(=O)c1ccccc1NC(=O)c1cc(NCCN(C)C)ccn1. The Hall–Kier alpha value is -2.93. The molecular weight excluding hydrogens is 332 g/mol. The maximum atomic E-state index is 12.5. The van der Waals surface area contributed by atoms with Crippen molar-refractivity contribution in [3.63, 3.8) is 0 Å². The van der Waals surface area contributed by atoms with Crippen LogP contribution >= 0.6 is 0 Å². The molecule has 0 spiro atoms. The lowest BCUT2D eigenvalue weighted by Crippen LogP contribution is -2.21. The molecule has 2 aromatic rings. The number of amides is 1. The van der Waals surface area contributed by atoms with Crippen LogP contribution < -0.4 is 10.6 Å². The second-order valence-corrected chi connectivity index (χ2v) is 5.88. The van der Waals surface area contributed by atoms with Crippen molar-refractivity contribution in [3.05, 3.63) is 53.9 Å². The minimum Gasteiger partial charge on any atom is -0.462 e. The molecule has 1 aromatic heterocycles. The first-order valence-corrected chi connectivity index (χ1v) is 8.43. The first-order chi connectivity index (χ1) is 12.5. The van der Waals surface area contributed by atoms with E-state index in [2.05, 4.69) is 20.5 Å². The van der Waals surface area contributed by atoms with E-state index in [4.69, 9.17) is 4.74 Å². The van der Waals surface area contributed by atoms with Crippen molar-refractivity contribution in [2.45, 2.75) is 6.92 Å². The first-order valence-electron chi connectivity index (χ1n) is 8.43. The summed E-state index contributed by atoms with van der Waals surface area (Å²) in [5.41, 5.74) is 1.77. The number of carbonyl (C=O) groups excluding carboxylic acids is 2. The zero-order chi connectivity index (χ0) is 18.9. The second-order valence-electron chi connectivity index (χ2n) is 5.88. The summed E-state index contributed by atoms with van der Waals surface area (Å²) in [4.78, 5) is 30.7. The summed E-state index contributed by atoms with van der Waals surface area (Å²) in [6.07, 6.45) is 1.57. The smallest absolute Gasteiger partial charge is 0.340 e. The van der Waals surface area contributed by atoms with Gasteiger partial charge in [0.25, 0.3) is 5.91 Å². The second kappa shape index (κ2) is 9.53. The van der Waals surface area contributed by atoms with Crippen LogP contribution in [0.1, 0.15) is 27.8 Å². The number of hydrogen-bond donors (Lipinski definition) is 2. The van der Waals surface area contributed by atoms with E-state index < -0.39 is 11.9 Å². The van der Waals surface area contributed by atoms with Crippen LogP contribution in [0.4, 0.5) is 11.4 Å². The van der Waals surface area contributed by atoms with E-state index in [9.17, 15) is 9.59 Å². The molecule has 0 aliphatic heterocycles. The van der Waals surface area contributed by atoms with Gasteiger partial charge in [0.05, 0.1) is 17.9 Å². The molecule has 0 aliphatic rings. The normalized spacial score (nSPS) is 10.5. The van der Waals surface area contributed by atoms with Gasteiger partial charge in [0.2, 0.25) is 0 Å². The summed E-state index contributed by atoms with van der Waals surface area (Å²) in [7, 11) is 3.99. The summed E-state index contributed by atoms with van der Waals surface area (Å²) in [5, 5.41) is 5.98. The van der Waals surface area contributed by atoms with Crippen molar-refractivity contribution < 1.29 is 14.3 Å². The molecule has 0 bridgehead atoms. The molecule has 2 N–H and O–H groups in total. The van der Waals surface area contributed by atoms with Gasteiger partial charge in [0, 0.05) is 25.0 Å². The van der Waals surface area contributed by atoms with E-state index in [1.165, 1.54) is 0 Å². The van der Waals surface area contributed by atoms with Crippen LogP contribution in [-0.4, -0.2) is 55.6 Å². The lowest BCUT2D eigenvalue weighted by molar-refractivity contribution is 0.0527. The van der Waals surface area contributed by atoms with E-state index in [1.807, 2.05) is 14.1 Å². The number of para-hydroxylation sites is 1. The Morgan fingerprint density at radius 3 is 2.69 bits per heavy atom. The van der Waals surface area contributed by atoms with Gasteiger partial charge in [-0.1, -0.05) is 12.1 Å². The fraction of sp³-hybridized carbons (Fsp3) is 0.316. The summed E-state index contributed by atoms with van der Waals surface area (Å²) < 4.78 is 5.02. The van der Waals surface area contributed by atoms with Gasteiger partial charge in [0.15, 0.2) is 0 Å². The maximum absolute atomic E-state index is 12.5. The number of rotatable bonds is 8. The largest absolute Gasteiger partial charge is 0.462 e. The van der Waals surface area contributed by atoms with Crippen molar-refractivity contribution in [2.75, 3.05) is 44.4 Å². The fourth-order valence-electron chi connectivity index (χ4n) is 2.25. The summed E-state index contributed by atoms with van der Waals surface area (Å²) in [5.74, 6) is -0.867. The third-order valence-electron chi connectivity index (χ3n) is 3.55. The third kappa shape index (κ3) is 5.56. The Labute approximate surface area is 153 Å². The molecule has 7 nitrogen and oxygen atoms in total. The predicted octanol–water partition coefficient (Wildman–Crippen LogP) is 2.48. The highest BCUT2D eigenvalue weighted by Gasteiger charge is 2.15. The summed E-state index contributed by atoms with van der Waals surface area (Å²) >= 11 is 0. The maximum Gasteiger partial charge on any atom is 0.340 e. The highest BCUT2D eigenvalue weighted by atomic mass is 16.5. The Balaban J connectivity index is 2.10. The lowest BCUT2D eigenvalue weighted by Gasteiger charge is -2.12. The monoisotopic (exact) mass is 356 g/mol. The van der Waals surface area contributed by atoms with Gasteiger partial charge < -0.3 is 20.3 Å². The highest BCUT2D eigenvalue weighted by Crippen LogP contribution is 2.18. The van der Waals surface area contributed by atoms with Gasteiger partial charge in [-0.2, -0.15) is 0 Å². The van der Waals surface area contributed by atoms with Gasteiger partial charge in [-0.25, -0.2) is 4.79 Å². The van der Waals surface area contributed by atoms with E-state index >= 15 is 0 Å². The van der Waals surface area contributed by atoms with Crippen LogP contribution in [0.5, 0.6) is 0 Å². The molecule has 26 heavy (non-hydrogen) atoms. The predicted molar refractivity (Wildman–Crippen MR) is 102 cm³/mol. The van der Waals surface area contributed by atoms with Crippen molar-refractivity contribution in [3.8, 4) is 0 Å². The quantitative estimate of drug-likeness (QED) is 0.707. The van der Waals surface area contributed by atoms with E-state index in [0.29, 0.717) is 11.3 Å². The topological polar surface area (TPSA) is 83.6 Å². The molecule has 0 fully saturated rings. The molecular formula is C19H24N4O3. The number of anilines is 2. The number of hydrogen-bond acceptors (Lipinski definition) is 6. The number of likely N-dealkylation sites (N-methyl/N-ethyl adjacent to an activating group) is 1. The Morgan fingerprint density at radius 1 is 1.19 bits per heavy atom. The molecule has 0 radical (unpaired) electrons. The Bertz CT molecular complexity index is 762. The van der Waals surface area contributed by atoms with Gasteiger partial charge in [0.1, 0.15) is 5.69 Å². The van der Waals surface area contributed by atoms with Gasteiger partial charge in [-0.05, 0) is 45.3 Å². The average Bonchev–Trinajstić information content (AvgIpc) is 2.62. The number of esters is 1. The lowest BCUT2D eigenvalue weighted by atomic mass is 10.1. The minimum absolute atomic E-state index is 0.263. The molecule has 138 valence electrons. The molecule has 0 atom stereocenters. The zero-order valence-electron chi connectivity index (χ0n) is 15.3. The minimum atomic E-state index is -0.476. The Morgan fingerprint density at radius 2 is 1.96 bits per heavy atom. The average molecular weight is 356 g/mol. The molecule has 7 heteroatoms. The van der Waals surface area contributed by atoms with Crippen molar-refractivity contribution in [2.24, 2.45) is 0 Å². The molecule has 0 aliphatic carbocycles. The molecule has 0 saturated carbocycles. The number of carbonyl (C=O) groups is 2. The van der Waals surface area contributed by atoms with Gasteiger partial charge in [-0.15, -0.1) is 0 Å². The summed E-state index contributed by atoms with van der Waals surface area (Å²) in [6.45, 7) is 3.63. The van der Waals surface area contributed by atoms with Crippen LogP contribution in [0.2, 0.25) is 0 Å². The number of pyridine rings is 1.